The number of ether oxygens (including phenoxy) is 1. The highest BCUT2D eigenvalue weighted by atomic mass is 79.9. The van der Waals surface area contributed by atoms with Crippen molar-refractivity contribution >= 4 is 27.8 Å². The fraction of sp³-hybridized carbons (Fsp3) is 0.529. The van der Waals surface area contributed by atoms with Crippen LogP contribution in [0.25, 0.3) is 0 Å². The van der Waals surface area contributed by atoms with Crippen LogP contribution < -0.4 is 0 Å². The van der Waals surface area contributed by atoms with E-state index < -0.39 is 17.3 Å². The van der Waals surface area contributed by atoms with Crippen LogP contribution in [0.4, 0.5) is 4.79 Å². The number of amides is 1. The molecular formula is C17H22BrNO4. The molecule has 1 unspecified atom stereocenters. The summed E-state index contributed by atoms with van der Waals surface area (Å²) in [7, 11) is 0. The molecule has 1 N–H and O–H groups in total. The second kappa shape index (κ2) is 6.61. The van der Waals surface area contributed by atoms with Crippen molar-refractivity contribution in [3.63, 3.8) is 0 Å². The van der Waals surface area contributed by atoms with Crippen LogP contribution >= 0.6 is 15.9 Å². The van der Waals surface area contributed by atoms with Crippen molar-refractivity contribution in [3.05, 3.63) is 35.4 Å². The summed E-state index contributed by atoms with van der Waals surface area (Å²) in [4.78, 5) is 25.2. The zero-order chi connectivity index (χ0) is 17.3. The van der Waals surface area contributed by atoms with E-state index >= 15 is 0 Å². The van der Waals surface area contributed by atoms with Crippen LogP contribution in [0.2, 0.25) is 0 Å². The molecule has 126 valence electrons. The molecule has 6 heteroatoms. The number of hydrogen-bond donors (Lipinski definition) is 1. The predicted molar refractivity (Wildman–Crippen MR) is 90.9 cm³/mol. The van der Waals surface area contributed by atoms with Crippen LogP contribution in [0, 0.1) is 0 Å². The standard InChI is InChI=1S/C17H22BrNO4/c1-16(2,3)23-15(21)19-9-8-17(22,11-19)13-6-4-12(5-7-13)14(20)10-18/h4-7,22H,8-11H2,1-3H3. The van der Waals surface area contributed by atoms with E-state index in [0.717, 1.165) is 0 Å². The van der Waals surface area contributed by atoms with Gasteiger partial charge in [-0.15, -0.1) is 0 Å². The molecule has 0 aromatic heterocycles. The summed E-state index contributed by atoms with van der Waals surface area (Å²) in [5, 5.41) is 11.1. The van der Waals surface area contributed by atoms with Gasteiger partial charge in [-0.05, 0) is 32.8 Å². The summed E-state index contributed by atoms with van der Waals surface area (Å²) in [6.45, 7) is 6.06. The Hall–Kier alpha value is -1.40. The number of hydrogen-bond acceptors (Lipinski definition) is 4. The number of carbonyl (C=O) groups excluding carboxylic acids is 2. The molecule has 0 radical (unpaired) electrons. The van der Waals surface area contributed by atoms with E-state index in [-0.39, 0.29) is 17.7 Å². The number of likely N-dealkylation sites (tertiary alicyclic amines) is 1. The maximum absolute atomic E-state index is 12.1. The summed E-state index contributed by atoms with van der Waals surface area (Å²) in [5.41, 5.74) is -0.367. The molecule has 5 nitrogen and oxygen atoms in total. The Morgan fingerprint density at radius 2 is 1.91 bits per heavy atom. The molecule has 1 amide bonds. The topological polar surface area (TPSA) is 66.8 Å². The van der Waals surface area contributed by atoms with Crippen LogP contribution in [0.1, 0.15) is 43.1 Å². The monoisotopic (exact) mass is 383 g/mol. The van der Waals surface area contributed by atoms with Crippen LogP contribution in [-0.2, 0) is 10.3 Å². The van der Waals surface area contributed by atoms with Crippen molar-refractivity contribution < 1.29 is 19.4 Å². The molecule has 0 spiro atoms. The molecule has 1 atom stereocenters. The van der Waals surface area contributed by atoms with E-state index in [1.165, 1.54) is 4.90 Å². The predicted octanol–water partition coefficient (Wildman–Crippen LogP) is 3.09. The lowest BCUT2D eigenvalue weighted by atomic mass is 9.92. The molecule has 1 fully saturated rings. The molecular weight excluding hydrogens is 362 g/mol. The van der Waals surface area contributed by atoms with Crippen molar-refractivity contribution in [2.45, 2.75) is 38.4 Å². The van der Waals surface area contributed by atoms with Crippen molar-refractivity contribution in [1.82, 2.24) is 4.90 Å². The van der Waals surface area contributed by atoms with Gasteiger partial charge in [0.05, 0.1) is 11.9 Å². The first-order valence-electron chi connectivity index (χ1n) is 7.55. The summed E-state index contributed by atoms with van der Waals surface area (Å²) < 4.78 is 5.34. The molecule has 0 bridgehead atoms. The van der Waals surface area contributed by atoms with Gasteiger partial charge in [0.25, 0.3) is 0 Å². The minimum atomic E-state index is -1.10. The van der Waals surface area contributed by atoms with E-state index in [0.29, 0.717) is 24.1 Å². The Kier molecular flexibility index (Phi) is 5.16. The number of benzene rings is 1. The Labute approximate surface area is 144 Å². The van der Waals surface area contributed by atoms with Gasteiger partial charge in [-0.25, -0.2) is 4.79 Å². The summed E-state index contributed by atoms with van der Waals surface area (Å²) >= 11 is 3.14. The molecule has 1 aromatic rings. The molecule has 23 heavy (non-hydrogen) atoms. The van der Waals surface area contributed by atoms with Gasteiger partial charge in [0.2, 0.25) is 0 Å². The van der Waals surface area contributed by atoms with Gasteiger partial charge in [0.15, 0.2) is 5.78 Å². The average Bonchev–Trinajstić information content (AvgIpc) is 2.89. The van der Waals surface area contributed by atoms with Crippen LogP contribution in [0.15, 0.2) is 24.3 Å². The van der Waals surface area contributed by atoms with E-state index in [4.69, 9.17) is 4.74 Å². The van der Waals surface area contributed by atoms with Gasteiger partial charge in [-0.3, -0.25) is 4.79 Å². The Morgan fingerprint density at radius 1 is 1.30 bits per heavy atom. The third kappa shape index (κ3) is 4.32. The third-order valence-corrected chi connectivity index (χ3v) is 4.27. The number of carbonyl (C=O) groups is 2. The normalized spacial score (nSPS) is 21.3. The minimum Gasteiger partial charge on any atom is -0.444 e. The highest BCUT2D eigenvalue weighted by molar-refractivity contribution is 9.09. The number of β-amino-alcohol motifs (C(OH)–C–C–N with tert-alkyl or cyclic N) is 1. The lowest BCUT2D eigenvalue weighted by Crippen LogP contribution is -2.38. The first kappa shape index (κ1) is 17.9. The fourth-order valence-electron chi connectivity index (χ4n) is 2.56. The SMILES string of the molecule is CC(C)(C)OC(=O)N1CCC(O)(c2ccc(C(=O)CBr)cc2)C1. The van der Waals surface area contributed by atoms with Crippen molar-refractivity contribution in [2.75, 3.05) is 18.4 Å². The Morgan fingerprint density at radius 3 is 2.43 bits per heavy atom. The van der Waals surface area contributed by atoms with Gasteiger partial charge in [0, 0.05) is 12.1 Å². The molecule has 1 aromatic carbocycles. The van der Waals surface area contributed by atoms with E-state index in [1.807, 2.05) is 20.8 Å². The highest BCUT2D eigenvalue weighted by Crippen LogP contribution is 2.32. The van der Waals surface area contributed by atoms with Crippen LogP contribution in [-0.4, -0.2) is 45.9 Å². The number of halogens is 1. The van der Waals surface area contributed by atoms with E-state index in [9.17, 15) is 14.7 Å². The average molecular weight is 384 g/mol. The van der Waals surface area contributed by atoms with E-state index in [2.05, 4.69) is 15.9 Å². The van der Waals surface area contributed by atoms with Gasteiger partial charge in [-0.1, -0.05) is 40.2 Å². The summed E-state index contributed by atoms with van der Waals surface area (Å²) in [6.07, 6.45) is 0.0253. The minimum absolute atomic E-state index is 0.00894. The molecule has 1 saturated heterocycles. The first-order valence-corrected chi connectivity index (χ1v) is 8.67. The molecule has 1 aliphatic rings. The number of aliphatic hydroxyl groups is 1. The molecule has 0 saturated carbocycles. The van der Waals surface area contributed by atoms with Gasteiger partial charge in [-0.2, -0.15) is 0 Å². The van der Waals surface area contributed by atoms with E-state index in [1.54, 1.807) is 24.3 Å². The largest absolute Gasteiger partial charge is 0.444 e. The fourth-order valence-corrected chi connectivity index (χ4v) is 2.88. The number of nitrogens with zero attached hydrogens (tertiary/aromatic N) is 1. The second-order valence-electron chi connectivity index (χ2n) is 6.82. The number of rotatable bonds is 3. The van der Waals surface area contributed by atoms with Crippen LogP contribution in [0.5, 0.6) is 0 Å². The van der Waals surface area contributed by atoms with Crippen LogP contribution in [0.3, 0.4) is 0 Å². The molecule has 1 heterocycles. The highest BCUT2D eigenvalue weighted by Gasteiger charge is 2.41. The van der Waals surface area contributed by atoms with Crippen molar-refractivity contribution in [2.24, 2.45) is 0 Å². The second-order valence-corrected chi connectivity index (χ2v) is 7.38. The summed E-state index contributed by atoms with van der Waals surface area (Å²) in [5.74, 6) is -0.00894. The van der Waals surface area contributed by atoms with Gasteiger partial charge < -0.3 is 14.7 Å². The number of alkyl halides is 1. The smallest absolute Gasteiger partial charge is 0.410 e. The molecule has 2 rings (SSSR count). The quantitative estimate of drug-likeness (QED) is 0.643. The van der Waals surface area contributed by atoms with Crippen molar-refractivity contribution in [3.8, 4) is 0 Å². The molecule has 1 aliphatic heterocycles. The number of Topliss-reactive ketones (excluding diaryl/α,β-unsaturated/α-hetero) is 1. The molecule has 0 aliphatic carbocycles. The zero-order valence-electron chi connectivity index (χ0n) is 13.6. The Bertz CT molecular complexity index is 594. The van der Waals surface area contributed by atoms with Crippen molar-refractivity contribution in [1.29, 1.82) is 0 Å². The lowest BCUT2D eigenvalue weighted by molar-refractivity contribution is 0.0140. The van der Waals surface area contributed by atoms with Gasteiger partial charge >= 0.3 is 6.09 Å². The maximum atomic E-state index is 12.1. The zero-order valence-corrected chi connectivity index (χ0v) is 15.2. The number of ketones is 1. The third-order valence-electron chi connectivity index (χ3n) is 3.77. The summed E-state index contributed by atoms with van der Waals surface area (Å²) in [6, 6.07) is 6.89. The Balaban J connectivity index is 2.09. The first-order chi connectivity index (χ1) is 10.6. The van der Waals surface area contributed by atoms with Gasteiger partial charge in [0.1, 0.15) is 11.2 Å². The maximum Gasteiger partial charge on any atom is 0.410 e. The lowest BCUT2D eigenvalue weighted by Gasteiger charge is -2.26.